The summed E-state index contributed by atoms with van der Waals surface area (Å²) in [7, 11) is 0. The number of aryl methyl sites for hydroxylation is 1. The summed E-state index contributed by atoms with van der Waals surface area (Å²) in [5.74, 6) is 2.23. The van der Waals surface area contributed by atoms with Gasteiger partial charge in [0.05, 0.1) is 12.6 Å². The number of terminal acetylenes is 1. The van der Waals surface area contributed by atoms with Gasteiger partial charge in [0.15, 0.2) is 0 Å². The Hall–Kier alpha value is -2.48. The van der Waals surface area contributed by atoms with Crippen LogP contribution in [0.25, 0.3) is 0 Å². The van der Waals surface area contributed by atoms with Gasteiger partial charge in [-0.25, -0.2) is 4.79 Å². The number of fused-ring (bicyclic) bond motifs is 1. The van der Waals surface area contributed by atoms with Crippen LogP contribution in [0.4, 0.5) is 4.79 Å². The van der Waals surface area contributed by atoms with E-state index < -0.39 is 6.09 Å². The van der Waals surface area contributed by atoms with E-state index in [1.807, 2.05) is 18.2 Å². The van der Waals surface area contributed by atoms with Crippen molar-refractivity contribution in [2.75, 3.05) is 13.3 Å². The lowest BCUT2D eigenvalue weighted by Gasteiger charge is -2.27. The maximum atomic E-state index is 12.7. The van der Waals surface area contributed by atoms with Crippen molar-refractivity contribution in [2.24, 2.45) is 0 Å². The number of ether oxygens (including phenoxy) is 2. The Labute approximate surface area is 263 Å². The first-order valence-corrected chi connectivity index (χ1v) is 17.8. The highest BCUT2D eigenvalue weighted by atomic mass is 16.7. The predicted octanol–water partition coefficient (Wildman–Crippen LogP) is 10.8. The van der Waals surface area contributed by atoms with Gasteiger partial charge in [-0.15, -0.1) is 6.42 Å². The molecule has 242 valence electrons. The summed E-state index contributed by atoms with van der Waals surface area (Å²) in [6.07, 6.45) is 35.1. The van der Waals surface area contributed by atoms with Crippen LogP contribution < -0.4 is 0 Å². The topological polar surface area (TPSA) is 55.8 Å². The lowest BCUT2D eigenvalue weighted by molar-refractivity contribution is -0.152. The number of rotatable bonds is 26. The second-order valence-corrected chi connectivity index (χ2v) is 12.5. The highest BCUT2D eigenvalue weighted by Crippen LogP contribution is 2.35. The van der Waals surface area contributed by atoms with Gasteiger partial charge in [-0.05, 0) is 30.4 Å². The highest BCUT2D eigenvalue weighted by molar-refractivity contribution is 5.71. The predicted molar refractivity (Wildman–Crippen MR) is 178 cm³/mol. The third-order valence-corrected chi connectivity index (χ3v) is 8.86. The molecule has 2 rings (SSSR count). The van der Waals surface area contributed by atoms with E-state index in [1.54, 1.807) is 4.90 Å². The number of esters is 1. The fourth-order valence-corrected chi connectivity index (χ4v) is 6.26. The Morgan fingerprint density at radius 3 is 1.74 bits per heavy atom. The van der Waals surface area contributed by atoms with Crippen LogP contribution in [0.5, 0.6) is 0 Å². The molecule has 0 bridgehead atoms. The molecule has 0 aliphatic heterocycles. The molecule has 0 spiro atoms. The maximum absolute atomic E-state index is 12.7. The van der Waals surface area contributed by atoms with Gasteiger partial charge in [0.25, 0.3) is 0 Å². The average molecular weight is 596 g/mol. The fourth-order valence-electron chi connectivity index (χ4n) is 6.26. The standard InChI is InChI=1S/C38H61NO4/c1-3-5-6-7-8-9-10-11-12-13-14-15-16-17-18-19-20-21-22-23-24-29-37(40)42-33-43-38(41)39(32-4-2)36-31-30-34-27-25-26-28-35(34)36/h2,25-28,36H,3,5-24,29-33H2,1H3/t36-/m1/s1. The third kappa shape index (κ3) is 16.8. The van der Waals surface area contributed by atoms with Crippen LogP contribution in [-0.4, -0.2) is 30.3 Å². The van der Waals surface area contributed by atoms with Gasteiger partial charge in [0, 0.05) is 6.42 Å². The summed E-state index contributed by atoms with van der Waals surface area (Å²) in [6, 6.07) is 7.99. The van der Waals surface area contributed by atoms with Crippen molar-refractivity contribution in [1.29, 1.82) is 0 Å². The van der Waals surface area contributed by atoms with Crippen LogP contribution in [0, 0.1) is 12.3 Å². The van der Waals surface area contributed by atoms with E-state index in [1.165, 1.54) is 121 Å². The molecular weight excluding hydrogens is 534 g/mol. The number of unbranched alkanes of at least 4 members (excludes halogenated alkanes) is 20. The van der Waals surface area contributed by atoms with Crippen LogP contribution in [0.15, 0.2) is 24.3 Å². The molecule has 1 aliphatic carbocycles. The van der Waals surface area contributed by atoms with Gasteiger partial charge in [0.2, 0.25) is 6.79 Å². The van der Waals surface area contributed by atoms with Crippen molar-refractivity contribution in [3.05, 3.63) is 35.4 Å². The Balaban J connectivity index is 1.35. The molecule has 1 aromatic carbocycles. The molecule has 0 saturated heterocycles. The SMILES string of the molecule is C#CCN(C(=O)OCOC(=O)CCCCCCCCCCCCCCCCCCCCCCC)[C@@H]1CCc2ccccc21. The average Bonchev–Trinajstić information content (AvgIpc) is 3.44. The molecule has 5 nitrogen and oxygen atoms in total. The van der Waals surface area contributed by atoms with Gasteiger partial charge < -0.3 is 9.47 Å². The quantitative estimate of drug-likeness (QED) is 0.0463. The van der Waals surface area contributed by atoms with Crippen LogP contribution in [-0.2, 0) is 20.7 Å². The Morgan fingerprint density at radius 1 is 0.744 bits per heavy atom. The maximum Gasteiger partial charge on any atom is 0.413 e. The lowest BCUT2D eigenvalue weighted by Crippen LogP contribution is -2.35. The van der Waals surface area contributed by atoms with E-state index in [0.717, 1.165) is 37.7 Å². The van der Waals surface area contributed by atoms with E-state index in [2.05, 4.69) is 18.9 Å². The summed E-state index contributed by atoms with van der Waals surface area (Å²) in [4.78, 5) is 26.3. The van der Waals surface area contributed by atoms with E-state index in [4.69, 9.17) is 15.9 Å². The minimum absolute atomic E-state index is 0.102. The minimum Gasteiger partial charge on any atom is -0.428 e. The Morgan fingerprint density at radius 2 is 1.23 bits per heavy atom. The zero-order valence-electron chi connectivity index (χ0n) is 27.4. The number of nitrogens with zero attached hydrogens (tertiary/aromatic N) is 1. The van der Waals surface area contributed by atoms with Gasteiger partial charge in [0.1, 0.15) is 0 Å². The monoisotopic (exact) mass is 595 g/mol. The van der Waals surface area contributed by atoms with Crippen LogP contribution in [0.1, 0.15) is 172 Å². The summed E-state index contributed by atoms with van der Waals surface area (Å²) in [5, 5.41) is 0. The van der Waals surface area contributed by atoms with E-state index in [-0.39, 0.29) is 25.3 Å². The van der Waals surface area contributed by atoms with Crippen molar-refractivity contribution in [3.8, 4) is 12.3 Å². The van der Waals surface area contributed by atoms with E-state index in [0.29, 0.717) is 6.42 Å². The molecule has 0 fully saturated rings. The first kappa shape index (κ1) is 36.7. The van der Waals surface area contributed by atoms with Crippen LogP contribution >= 0.6 is 0 Å². The number of hydrogen-bond donors (Lipinski definition) is 0. The minimum atomic E-state index is -0.540. The Bertz CT molecular complexity index is 907. The molecule has 0 radical (unpaired) electrons. The second kappa shape index (κ2) is 24.9. The molecule has 1 aliphatic rings. The number of hydrogen-bond acceptors (Lipinski definition) is 4. The Kier molecular flexibility index (Phi) is 21.3. The molecule has 0 saturated carbocycles. The number of benzene rings is 1. The number of carbonyl (C=O) groups is 2. The third-order valence-electron chi connectivity index (χ3n) is 8.86. The summed E-state index contributed by atoms with van der Waals surface area (Å²) in [6.45, 7) is 2.07. The van der Waals surface area contributed by atoms with Crippen molar-refractivity contribution in [2.45, 2.75) is 167 Å². The fraction of sp³-hybridized carbons (Fsp3) is 0.737. The van der Waals surface area contributed by atoms with Crippen LogP contribution in [0.2, 0.25) is 0 Å². The van der Waals surface area contributed by atoms with Gasteiger partial charge in [-0.1, -0.05) is 166 Å². The molecule has 1 amide bonds. The lowest BCUT2D eigenvalue weighted by atomic mass is 10.0. The number of amides is 1. The van der Waals surface area contributed by atoms with Crippen molar-refractivity contribution < 1.29 is 19.1 Å². The molecule has 0 heterocycles. The zero-order valence-corrected chi connectivity index (χ0v) is 27.4. The molecule has 1 aromatic rings. The first-order chi connectivity index (χ1) is 21.2. The van der Waals surface area contributed by atoms with E-state index >= 15 is 0 Å². The number of carbonyl (C=O) groups excluding carboxylic acids is 2. The first-order valence-electron chi connectivity index (χ1n) is 17.8. The van der Waals surface area contributed by atoms with Gasteiger partial charge in [-0.2, -0.15) is 0 Å². The van der Waals surface area contributed by atoms with Crippen molar-refractivity contribution in [1.82, 2.24) is 4.90 Å². The van der Waals surface area contributed by atoms with Crippen LogP contribution in [0.3, 0.4) is 0 Å². The molecular formula is C38H61NO4. The van der Waals surface area contributed by atoms with Gasteiger partial charge >= 0.3 is 12.1 Å². The molecule has 0 N–H and O–H groups in total. The molecule has 5 heteroatoms. The molecule has 0 aromatic heterocycles. The van der Waals surface area contributed by atoms with Gasteiger partial charge in [-0.3, -0.25) is 9.69 Å². The zero-order chi connectivity index (χ0) is 30.8. The largest absolute Gasteiger partial charge is 0.428 e. The molecule has 43 heavy (non-hydrogen) atoms. The van der Waals surface area contributed by atoms with Crippen molar-refractivity contribution >= 4 is 12.1 Å². The van der Waals surface area contributed by atoms with Crippen molar-refractivity contribution in [3.63, 3.8) is 0 Å². The summed E-state index contributed by atoms with van der Waals surface area (Å²) >= 11 is 0. The summed E-state index contributed by atoms with van der Waals surface area (Å²) < 4.78 is 10.4. The highest BCUT2D eigenvalue weighted by Gasteiger charge is 2.31. The normalized spacial score (nSPS) is 13.8. The summed E-state index contributed by atoms with van der Waals surface area (Å²) in [5.41, 5.74) is 2.35. The molecule has 0 unspecified atom stereocenters. The molecule has 1 atom stereocenters. The van der Waals surface area contributed by atoms with E-state index in [9.17, 15) is 9.59 Å². The second-order valence-electron chi connectivity index (χ2n) is 12.5. The smallest absolute Gasteiger partial charge is 0.413 e.